The monoisotopic (exact) mass is 287 g/mol. The normalized spacial score (nSPS) is 21.6. The van der Waals surface area contributed by atoms with Crippen LogP contribution in [0.15, 0.2) is 21.7 Å². The molecule has 4 nitrogen and oxygen atoms in total. The molecular formula is C12H17NO3S2. The number of carbonyl (C=O) groups excluding carboxylic acids is 1. The van der Waals surface area contributed by atoms with Gasteiger partial charge >= 0.3 is 0 Å². The molecule has 0 saturated heterocycles. The van der Waals surface area contributed by atoms with Gasteiger partial charge in [-0.3, -0.25) is 4.79 Å². The van der Waals surface area contributed by atoms with Crippen molar-refractivity contribution in [3.63, 3.8) is 0 Å². The van der Waals surface area contributed by atoms with Gasteiger partial charge < -0.3 is 0 Å². The molecule has 1 fully saturated rings. The fraction of sp³-hybridized carbons (Fsp3) is 0.583. The van der Waals surface area contributed by atoms with Crippen LogP contribution in [0.2, 0.25) is 0 Å². The van der Waals surface area contributed by atoms with E-state index in [0.717, 1.165) is 0 Å². The Labute approximate surface area is 111 Å². The predicted octanol–water partition coefficient (Wildman–Crippen LogP) is 2.24. The van der Waals surface area contributed by atoms with E-state index in [-0.39, 0.29) is 21.6 Å². The van der Waals surface area contributed by atoms with Gasteiger partial charge in [-0.25, -0.2) is 13.1 Å². The first kappa shape index (κ1) is 13.5. The number of amides is 1. The third-order valence-corrected chi connectivity index (χ3v) is 6.50. The molecule has 0 unspecified atom stereocenters. The van der Waals surface area contributed by atoms with E-state index in [2.05, 4.69) is 4.72 Å². The second-order valence-electron chi connectivity index (χ2n) is 5.81. The van der Waals surface area contributed by atoms with Crippen LogP contribution in [-0.4, -0.2) is 14.3 Å². The largest absolute Gasteiger partial charge is 0.274 e. The lowest BCUT2D eigenvalue weighted by molar-refractivity contribution is -0.121. The molecule has 0 aliphatic heterocycles. The molecule has 1 N–H and O–H groups in total. The van der Waals surface area contributed by atoms with Crippen LogP contribution in [-0.2, 0) is 14.8 Å². The van der Waals surface area contributed by atoms with Gasteiger partial charge in [-0.1, -0.05) is 27.7 Å². The molecule has 1 saturated carbocycles. The predicted molar refractivity (Wildman–Crippen MR) is 70.7 cm³/mol. The zero-order chi connectivity index (χ0) is 13.8. The number of rotatable bonds is 3. The lowest BCUT2D eigenvalue weighted by Crippen LogP contribution is -2.33. The third-order valence-electron chi connectivity index (χ3n) is 4.32. The Bertz CT molecular complexity index is 556. The highest BCUT2D eigenvalue weighted by Gasteiger charge is 2.68. The average Bonchev–Trinajstić information content (AvgIpc) is 2.58. The van der Waals surface area contributed by atoms with E-state index in [1.165, 1.54) is 22.8 Å². The van der Waals surface area contributed by atoms with E-state index in [4.69, 9.17) is 0 Å². The summed E-state index contributed by atoms with van der Waals surface area (Å²) >= 11 is 1.29. The molecule has 18 heavy (non-hydrogen) atoms. The summed E-state index contributed by atoms with van der Waals surface area (Å²) in [7, 11) is -3.71. The summed E-state index contributed by atoms with van der Waals surface area (Å²) in [5, 5.41) is 3.18. The van der Waals surface area contributed by atoms with Crippen LogP contribution >= 0.6 is 11.3 Å². The lowest BCUT2D eigenvalue weighted by atomic mass is 10.0. The van der Waals surface area contributed by atoms with E-state index in [1.54, 1.807) is 5.38 Å². The molecule has 0 spiro atoms. The van der Waals surface area contributed by atoms with Gasteiger partial charge in [0.25, 0.3) is 10.0 Å². The average molecular weight is 287 g/mol. The first-order chi connectivity index (χ1) is 8.11. The maximum absolute atomic E-state index is 12.1. The van der Waals surface area contributed by atoms with Crippen molar-refractivity contribution in [2.45, 2.75) is 32.6 Å². The van der Waals surface area contributed by atoms with Gasteiger partial charge in [0.1, 0.15) is 0 Å². The molecular weight excluding hydrogens is 270 g/mol. The van der Waals surface area contributed by atoms with Crippen molar-refractivity contribution >= 4 is 27.3 Å². The summed E-state index contributed by atoms with van der Waals surface area (Å²) in [5.74, 6) is -0.672. The lowest BCUT2D eigenvalue weighted by Gasteiger charge is -2.06. The first-order valence-corrected chi connectivity index (χ1v) is 8.12. The van der Waals surface area contributed by atoms with E-state index in [1.807, 2.05) is 27.7 Å². The van der Waals surface area contributed by atoms with E-state index in [9.17, 15) is 13.2 Å². The number of carbonyl (C=O) groups is 1. The molecule has 1 amide bonds. The van der Waals surface area contributed by atoms with Gasteiger partial charge in [-0.2, -0.15) is 11.3 Å². The maximum atomic E-state index is 12.1. The van der Waals surface area contributed by atoms with Crippen LogP contribution in [0.5, 0.6) is 0 Å². The molecule has 1 aromatic rings. The minimum atomic E-state index is -3.71. The Morgan fingerprint density at radius 1 is 1.28 bits per heavy atom. The fourth-order valence-electron chi connectivity index (χ4n) is 2.51. The molecule has 0 bridgehead atoms. The quantitative estimate of drug-likeness (QED) is 0.927. The van der Waals surface area contributed by atoms with Crippen molar-refractivity contribution in [2.24, 2.45) is 16.7 Å². The molecule has 0 radical (unpaired) electrons. The van der Waals surface area contributed by atoms with Crippen molar-refractivity contribution in [3.05, 3.63) is 16.8 Å². The van der Waals surface area contributed by atoms with Crippen molar-refractivity contribution in [1.29, 1.82) is 0 Å². The summed E-state index contributed by atoms with van der Waals surface area (Å²) in [4.78, 5) is 12.2. The second kappa shape index (κ2) is 3.81. The SMILES string of the molecule is CC1(C)C(C(=O)NS(=O)(=O)c2ccsc2)C1(C)C. The Hall–Kier alpha value is -0.880. The molecule has 100 valence electrons. The van der Waals surface area contributed by atoms with Gasteiger partial charge in [0.15, 0.2) is 0 Å². The highest BCUT2D eigenvalue weighted by atomic mass is 32.2. The Kier molecular flexibility index (Phi) is 2.86. The molecule has 0 atom stereocenters. The number of hydrogen-bond acceptors (Lipinski definition) is 4. The smallest absolute Gasteiger partial charge is 0.264 e. The Morgan fingerprint density at radius 2 is 1.83 bits per heavy atom. The highest BCUT2D eigenvalue weighted by molar-refractivity contribution is 7.90. The highest BCUT2D eigenvalue weighted by Crippen LogP contribution is 2.68. The fourth-order valence-corrected chi connectivity index (χ4v) is 4.53. The molecule has 1 aromatic heterocycles. The molecule has 1 aliphatic rings. The van der Waals surface area contributed by atoms with Crippen molar-refractivity contribution < 1.29 is 13.2 Å². The van der Waals surface area contributed by atoms with Crippen LogP contribution in [0.1, 0.15) is 27.7 Å². The minimum absolute atomic E-state index is 0.150. The summed E-state index contributed by atoms with van der Waals surface area (Å²) in [6.07, 6.45) is 0. The zero-order valence-corrected chi connectivity index (χ0v) is 12.5. The Morgan fingerprint density at radius 3 is 2.22 bits per heavy atom. The number of sulfonamides is 1. The summed E-state index contributed by atoms with van der Waals surface area (Å²) in [6, 6.07) is 1.49. The zero-order valence-electron chi connectivity index (χ0n) is 10.9. The maximum Gasteiger partial charge on any atom is 0.264 e. The first-order valence-electron chi connectivity index (χ1n) is 5.69. The van der Waals surface area contributed by atoms with Gasteiger partial charge in [-0.05, 0) is 22.3 Å². The Balaban J connectivity index is 2.16. The van der Waals surface area contributed by atoms with Crippen LogP contribution in [0, 0.1) is 16.7 Å². The van der Waals surface area contributed by atoms with Gasteiger partial charge in [-0.15, -0.1) is 0 Å². The van der Waals surface area contributed by atoms with Crippen molar-refractivity contribution in [3.8, 4) is 0 Å². The summed E-state index contributed by atoms with van der Waals surface area (Å²) in [6.45, 7) is 7.92. The minimum Gasteiger partial charge on any atom is -0.274 e. The summed E-state index contributed by atoms with van der Waals surface area (Å²) < 4.78 is 26.0. The number of thiophene rings is 1. The van der Waals surface area contributed by atoms with Gasteiger partial charge in [0.05, 0.1) is 10.8 Å². The molecule has 0 aromatic carbocycles. The molecule has 1 aliphatic carbocycles. The van der Waals surface area contributed by atoms with E-state index >= 15 is 0 Å². The van der Waals surface area contributed by atoms with Gasteiger partial charge in [0, 0.05) is 5.38 Å². The third kappa shape index (κ3) is 1.87. The number of hydrogen-bond donors (Lipinski definition) is 1. The topological polar surface area (TPSA) is 63.2 Å². The molecule has 2 rings (SSSR count). The summed E-state index contributed by atoms with van der Waals surface area (Å²) in [5.41, 5.74) is -0.331. The molecule has 6 heteroatoms. The van der Waals surface area contributed by atoms with Crippen LogP contribution in [0.4, 0.5) is 0 Å². The van der Waals surface area contributed by atoms with Gasteiger partial charge in [0.2, 0.25) is 5.91 Å². The van der Waals surface area contributed by atoms with Crippen molar-refractivity contribution in [1.82, 2.24) is 4.72 Å². The number of nitrogens with one attached hydrogen (secondary N) is 1. The van der Waals surface area contributed by atoms with Crippen molar-refractivity contribution in [2.75, 3.05) is 0 Å². The van der Waals surface area contributed by atoms with Crippen LogP contribution in [0.25, 0.3) is 0 Å². The van der Waals surface area contributed by atoms with E-state index < -0.39 is 15.9 Å². The standard InChI is InChI=1S/C12H17NO3S2/c1-11(2)9(12(11,3)4)10(14)13-18(15,16)8-5-6-17-7-8/h5-7,9H,1-4H3,(H,13,14). The van der Waals surface area contributed by atoms with Crippen LogP contribution in [0.3, 0.4) is 0 Å². The molecule has 1 heterocycles. The second-order valence-corrected chi connectivity index (χ2v) is 8.27. The van der Waals surface area contributed by atoms with E-state index in [0.29, 0.717) is 0 Å². The van der Waals surface area contributed by atoms with Crippen LogP contribution < -0.4 is 4.72 Å².